The van der Waals surface area contributed by atoms with E-state index in [0.717, 1.165) is 16.9 Å². The van der Waals surface area contributed by atoms with Gasteiger partial charge in [-0.2, -0.15) is 0 Å². The number of carbonyl (C=O) groups excluding carboxylic acids is 1. The van der Waals surface area contributed by atoms with E-state index in [0.29, 0.717) is 29.6 Å². The molecule has 2 aromatic carbocycles. The Morgan fingerprint density at radius 3 is 2.45 bits per heavy atom. The van der Waals surface area contributed by atoms with Crippen molar-refractivity contribution < 1.29 is 14.3 Å². The molecule has 1 aliphatic rings. The lowest BCUT2D eigenvalue weighted by molar-refractivity contribution is -0.140. The van der Waals surface area contributed by atoms with E-state index in [4.69, 9.17) is 21.7 Å². The second-order valence-corrected chi connectivity index (χ2v) is 7.81. The summed E-state index contributed by atoms with van der Waals surface area (Å²) in [6.45, 7) is 6.73. The lowest BCUT2D eigenvalue weighted by Crippen LogP contribution is -2.45. The fourth-order valence-electron chi connectivity index (χ4n) is 3.03. The van der Waals surface area contributed by atoms with E-state index in [-0.39, 0.29) is 17.9 Å². The Morgan fingerprint density at radius 2 is 1.79 bits per heavy atom. The van der Waals surface area contributed by atoms with Crippen molar-refractivity contribution in [3.63, 3.8) is 0 Å². The van der Waals surface area contributed by atoms with Crippen molar-refractivity contribution in [1.82, 2.24) is 10.6 Å². The van der Waals surface area contributed by atoms with E-state index in [2.05, 4.69) is 10.6 Å². The topological polar surface area (TPSA) is 59.6 Å². The van der Waals surface area contributed by atoms with Gasteiger partial charge in [0.15, 0.2) is 5.11 Å². The van der Waals surface area contributed by atoms with Crippen LogP contribution < -0.4 is 15.4 Å². The van der Waals surface area contributed by atoms with Gasteiger partial charge >= 0.3 is 5.97 Å². The molecule has 1 atom stereocenters. The van der Waals surface area contributed by atoms with Crippen molar-refractivity contribution in [1.29, 1.82) is 0 Å². The van der Waals surface area contributed by atoms with Crippen LogP contribution in [0.4, 0.5) is 0 Å². The minimum Gasteiger partial charge on any atom is -0.489 e. The third kappa shape index (κ3) is 5.57. The predicted molar refractivity (Wildman–Crippen MR) is 117 cm³/mol. The number of thiocarbonyl (C=S) groups is 1. The molecular weight excluding hydrogens is 384 g/mol. The maximum Gasteiger partial charge on any atom is 0.338 e. The third-order valence-electron chi connectivity index (χ3n) is 4.50. The number of allylic oxidation sites excluding steroid dienone is 1. The minimum absolute atomic E-state index is 0.268. The molecule has 0 radical (unpaired) electrons. The summed E-state index contributed by atoms with van der Waals surface area (Å²) in [4.78, 5) is 12.7. The summed E-state index contributed by atoms with van der Waals surface area (Å²) in [7, 11) is 0. The van der Waals surface area contributed by atoms with Gasteiger partial charge in [0.2, 0.25) is 0 Å². The smallest absolute Gasteiger partial charge is 0.338 e. The van der Waals surface area contributed by atoms with Crippen LogP contribution >= 0.6 is 12.2 Å². The molecule has 0 amide bonds. The predicted octanol–water partition coefficient (Wildman–Crippen LogP) is 4.26. The fourth-order valence-corrected chi connectivity index (χ4v) is 3.30. The molecule has 0 spiro atoms. The number of nitrogens with one attached hydrogen (secondary N) is 2. The van der Waals surface area contributed by atoms with Crippen LogP contribution in [0.1, 0.15) is 37.9 Å². The first kappa shape index (κ1) is 20.9. The first-order valence-corrected chi connectivity index (χ1v) is 10.1. The second kappa shape index (κ2) is 9.56. The first-order chi connectivity index (χ1) is 13.9. The van der Waals surface area contributed by atoms with Gasteiger partial charge in [0.25, 0.3) is 0 Å². The van der Waals surface area contributed by atoms with E-state index in [1.165, 1.54) is 0 Å². The van der Waals surface area contributed by atoms with Gasteiger partial charge in [0, 0.05) is 5.70 Å². The molecule has 0 unspecified atom stereocenters. The summed E-state index contributed by atoms with van der Waals surface area (Å²) in [5.41, 5.74) is 3.27. The van der Waals surface area contributed by atoms with E-state index in [1.807, 2.05) is 75.4 Å². The fraction of sp³-hybridized carbons (Fsp3) is 0.304. The minimum atomic E-state index is -0.369. The van der Waals surface area contributed by atoms with Gasteiger partial charge in [-0.3, -0.25) is 0 Å². The molecule has 0 saturated carbocycles. The summed E-state index contributed by atoms with van der Waals surface area (Å²) in [5, 5.41) is 6.69. The quantitative estimate of drug-likeness (QED) is 0.525. The first-order valence-electron chi connectivity index (χ1n) is 9.66. The van der Waals surface area contributed by atoms with Crippen molar-refractivity contribution in [2.45, 2.75) is 33.4 Å². The molecule has 0 aliphatic carbocycles. The Morgan fingerprint density at radius 1 is 1.10 bits per heavy atom. The van der Waals surface area contributed by atoms with E-state index in [9.17, 15) is 4.79 Å². The highest BCUT2D eigenvalue weighted by molar-refractivity contribution is 7.80. The maximum atomic E-state index is 12.7. The summed E-state index contributed by atoms with van der Waals surface area (Å²) in [6, 6.07) is 17.3. The molecule has 3 rings (SSSR count). The van der Waals surface area contributed by atoms with Gasteiger partial charge in [-0.15, -0.1) is 0 Å². The van der Waals surface area contributed by atoms with Gasteiger partial charge in [-0.25, -0.2) is 4.79 Å². The van der Waals surface area contributed by atoms with Crippen molar-refractivity contribution in [3.05, 3.63) is 77.0 Å². The largest absolute Gasteiger partial charge is 0.489 e. The molecule has 1 aliphatic heterocycles. The summed E-state index contributed by atoms with van der Waals surface area (Å²) in [5.74, 6) is 0.691. The highest BCUT2D eigenvalue weighted by atomic mass is 32.1. The van der Waals surface area contributed by atoms with Gasteiger partial charge in [-0.05, 0) is 48.3 Å². The molecule has 2 aromatic rings. The standard InChI is InChI=1S/C23H26N2O3S/c1-15(2)13-28-22(26)20-16(3)24-23(29)25-21(20)18-9-11-19(12-10-18)27-14-17-7-5-4-6-8-17/h4-12,15,21H,13-14H2,1-3H3,(H2,24,25,29)/t21-/m1/s1. The van der Waals surface area contributed by atoms with Gasteiger partial charge in [0.05, 0.1) is 18.2 Å². The summed E-state index contributed by atoms with van der Waals surface area (Å²) in [6.07, 6.45) is 0. The second-order valence-electron chi connectivity index (χ2n) is 7.41. The zero-order chi connectivity index (χ0) is 20.8. The molecule has 0 saturated heterocycles. The Balaban J connectivity index is 1.75. The molecule has 29 heavy (non-hydrogen) atoms. The van der Waals surface area contributed by atoms with Gasteiger partial charge in [-0.1, -0.05) is 56.3 Å². The van der Waals surface area contributed by atoms with Crippen molar-refractivity contribution in [2.24, 2.45) is 5.92 Å². The van der Waals surface area contributed by atoms with Gasteiger partial charge < -0.3 is 20.1 Å². The zero-order valence-corrected chi connectivity index (χ0v) is 17.7. The molecule has 0 fully saturated rings. The zero-order valence-electron chi connectivity index (χ0n) is 16.9. The highest BCUT2D eigenvalue weighted by Gasteiger charge is 2.31. The number of rotatable bonds is 7. The number of hydrogen-bond donors (Lipinski definition) is 2. The Bertz CT molecular complexity index is 892. The molecule has 6 heteroatoms. The van der Waals surface area contributed by atoms with Crippen molar-refractivity contribution in [2.75, 3.05) is 6.61 Å². The lowest BCUT2D eigenvalue weighted by atomic mass is 9.95. The maximum absolute atomic E-state index is 12.7. The average molecular weight is 411 g/mol. The van der Waals surface area contributed by atoms with Crippen LogP contribution in [0, 0.1) is 5.92 Å². The average Bonchev–Trinajstić information content (AvgIpc) is 2.71. The molecule has 0 bridgehead atoms. The number of ether oxygens (including phenoxy) is 2. The van der Waals surface area contributed by atoms with Crippen LogP contribution in [0.5, 0.6) is 5.75 Å². The number of hydrogen-bond acceptors (Lipinski definition) is 4. The molecule has 152 valence electrons. The Kier molecular flexibility index (Phi) is 6.88. The van der Waals surface area contributed by atoms with Crippen molar-refractivity contribution >= 4 is 23.3 Å². The van der Waals surface area contributed by atoms with E-state index in [1.54, 1.807) is 0 Å². The highest BCUT2D eigenvalue weighted by Crippen LogP contribution is 2.29. The van der Waals surface area contributed by atoms with Crippen LogP contribution in [0.2, 0.25) is 0 Å². The lowest BCUT2D eigenvalue weighted by Gasteiger charge is -2.30. The van der Waals surface area contributed by atoms with Crippen LogP contribution in [0.25, 0.3) is 0 Å². The summed E-state index contributed by atoms with van der Waals surface area (Å²) >= 11 is 5.29. The van der Waals surface area contributed by atoms with E-state index < -0.39 is 0 Å². The van der Waals surface area contributed by atoms with Crippen molar-refractivity contribution in [3.8, 4) is 5.75 Å². The molecule has 5 nitrogen and oxygen atoms in total. The monoisotopic (exact) mass is 410 g/mol. The number of benzene rings is 2. The molecule has 0 aromatic heterocycles. The molecule has 2 N–H and O–H groups in total. The van der Waals surface area contributed by atoms with Crippen LogP contribution in [-0.4, -0.2) is 17.7 Å². The molecular formula is C23H26N2O3S. The van der Waals surface area contributed by atoms with Gasteiger partial charge in [0.1, 0.15) is 12.4 Å². The third-order valence-corrected chi connectivity index (χ3v) is 4.72. The van der Waals surface area contributed by atoms with Crippen LogP contribution in [0.3, 0.4) is 0 Å². The van der Waals surface area contributed by atoms with Crippen LogP contribution in [0.15, 0.2) is 65.9 Å². The molecule has 1 heterocycles. The summed E-state index contributed by atoms with van der Waals surface area (Å²) < 4.78 is 11.3. The van der Waals surface area contributed by atoms with E-state index >= 15 is 0 Å². The number of carbonyl (C=O) groups is 1. The Hall–Kier alpha value is -2.86. The normalized spacial score (nSPS) is 16.3. The number of esters is 1. The van der Waals surface area contributed by atoms with Crippen LogP contribution in [-0.2, 0) is 16.1 Å². The SMILES string of the molecule is CC1=C(C(=O)OCC(C)C)[C@@H](c2ccc(OCc3ccccc3)cc2)NC(=S)N1. The Labute approximate surface area is 177 Å².